The van der Waals surface area contributed by atoms with Crippen molar-refractivity contribution in [3.63, 3.8) is 0 Å². The molecule has 0 aromatic heterocycles. The smallest absolute Gasteiger partial charge is 0.243 e. The maximum atomic E-state index is 12.7. The minimum absolute atomic E-state index is 0.126. The molecule has 0 aliphatic carbocycles. The van der Waals surface area contributed by atoms with Gasteiger partial charge in [-0.2, -0.15) is 0 Å². The maximum Gasteiger partial charge on any atom is 0.243 e. The van der Waals surface area contributed by atoms with E-state index in [9.17, 15) is 38.4 Å². The number of likely N-dealkylation sites (tertiary alicyclic amines) is 1. The van der Waals surface area contributed by atoms with Crippen LogP contribution in [0, 0.1) is 5.92 Å². The van der Waals surface area contributed by atoms with Crippen LogP contribution >= 0.6 is 0 Å². The van der Waals surface area contributed by atoms with Crippen molar-refractivity contribution in [2.24, 2.45) is 5.92 Å². The number of ketones is 1. The zero-order chi connectivity index (χ0) is 31.8. The third-order valence-corrected chi connectivity index (χ3v) is 6.54. The highest BCUT2D eigenvalue weighted by molar-refractivity contribution is 6.03. The van der Waals surface area contributed by atoms with Crippen LogP contribution in [0.3, 0.4) is 0 Å². The van der Waals surface area contributed by atoms with Gasteiger partial charge >= 0.3 is 0 Å². The van der Waals surface area contributed by atoms with E-state index in [1.165, 1.54) is 11.8 Å². The average Bonchev–Trinajstić information content (AvgIpc) is 3.22. The fourth-order valence-corrected chi connectivity index (χ4v) is 4.20. The van der Waals surface area contributed by atoms with Crippen LogP contribution in [0.2, 0.25) is 0 Å². The third-order valence-electron chi connectivity index (χ3n) is 6.54. The Morgan fingerprint density at radius 3 is 2.02 bits per heavy atom. The largest absolute Gasteiger partial charge is 0.348 e. The number of nitrogens with one attached hydrogen (secondary N) is 5. The first-order chi connectivity index (χ1) is 20.5. The number of imide groups is 1. The van der Waals surface area contributed by atoms with Crippen molar-refractivity contribution in [1.29, 1.82) is 0 Å². The second-order valence-electron chi connectivity index (χ2n) is 10.4. The Morgan fingerprint density at radius 1 is 0.791 bits per heavy atom. The van der Waals surface area contributed by atoms with Crippen molar-refractivity contribution in [2.75, 3.05) is 32.7 Å². The van der Waals surface area contributed by atoms with Gasteiger partial charge in [-0.15, -0.1) is 0 Å². The number of nitrogens with zero attached hydrogens (tertiary/aromatic N) is 1. The maximum absolute atomic E-state index is 12.7. The first-order valence-corrected chi connectivity index (χ1v) is 14.2. The van der Waals surface area contributed by atoms with Crippen LogP contribution in [0.25, 0.3) is 0 Å². The highest BCUT2D eigenvalue weighted by Gasteiger charge is 2.34. The zero-order valence-electron chi connectivity index (χ0n) is 24.5. The molecule has 14 heteroatoms. The SMILES string of the molecule is CC(=O)CNC(=O)CNC(=O)[C@H](Cc1ccccc1)NC(=O)CNC(=O)CNC(=O)CCCCCN1C(=O)CC(C)C1=O. The summed E-state index contributed by atoms with van der Waals surface area (Å²) >= 11 is 0. The fraction of sp³-hybridized carbons (Fsp3) is 0.517. The highest BCUT2D eigenvalue weighted by Crippen LogP contribution is 2.19. The molecule has 1 aromatic carbocycles. The second-order valence-corrected chi connectivity index (χ2v) is 10.4. The summed E-state index contributed by atoms with van der Waals surface area (Å²) in [4.78, 5) is 97.3. The van der Waals surface area contributed by atoms with Gasteiger partial charge in [0.1, 0.15) is 11.8 Å². The quantitative estimate of drug-likeness (QED) is 0.101. The van der Waals surface area contributed by atoms with Crippen molar-refractivity contribution in [3.8, 4) is 0 Å². The Bertz CT molecular complexity index is 1190. The molecule has 2 rings (SSSR count). The van der Waals surface area contributed by atoms with Gasteiger partial charge in [0.25, 0.3) is 0 Å². The first kappa shape index (κ1) is 34.6. The standard InChI is InChI=1S/C29H40N6O8/c1-19-13-27(41)35(29(19)43)12-8-4-7-11-23(37)31-16-24(38)32-18-26(40)34-22(14-21-9-5-3-6-10-21)28(42)33-17-25(39)30-15-20(2)36/h3,5-6,9-10,19,22H,4,7-8,11-18H2,1-2H3,(H,30,39)(H,31,37)(H,32,38)(H,33,42)(H,34,40)/t19?,22-/m0/s1. The van der Waals surface area contributed by atoms with E-state index in [0.29, 0.717) is 25.8 Å². The summed E-state index contributed by atoms with van der Waals surface area (Å²) in [6, 6.07) is 7.84. The van der Waals surface area contributed by atoms with Crippen LogP contribution in [0.5, 0.6) is 0 Å². The van der Waals surface area contributed by atoms with Gasteiger partial charge in [0.2, 0.25) is 41.4 Å². The molecule has 0 radical (unpaired) electrons. The highest BCUT2D eigenvalue weighted by atomic mass is 16.2. The van der Waals surface area contributed by atoms with E-state index in [1.54, 1.807) is 37.3 Å². The van der Waals surface area contributed by atoms with Crippen LogP contribution in [0.15, 0.2) is 30.3 Å². The van der Waals surface area contributed by atoms with Gasteiger partial charge < -0.3 is 26.6 Å². The minimum Gasteiger partial charge on any atom is -0.348 e. The number of hydrogen-bond donors (Lipinski definition) is 5. The van der Waals surface area contributed by atoms with E-state index in [4.69, 9.17) is 0 Å². The monoisotopic (exact) mass is 600 g/mol. The van der Waals surface area contributed by atoms with Gasteiger partial charge in [0, 0.05) is 31.7 Å². The van der Waals surface area contributed by atoms with Crippen molar-refractivity contribution in [3.05, 3.63) is 35.9 Å². The van der Waals surface area contributed by atoms with Crippen LogP contribution < -0.4 is 26.6 Å². The molecule has 7 amide bonds. The van der Waals surface area contributed by atoms with E-state index in [1.807, 2.05) is 0 Å². The van der Waals surface area contributed by atoms with Crippen molar-refractivity contribution < 1.29 is 38.4 Å². The van der Waals surface area contributed by atoms with Crippen molar-refractivity contribution in [2.45, 2.75) is 58.4 Å². The summed E-state index contributed by atoms with van der Waals surface area (Å²) < 4.78 is 0. The molecule has 43 heavy (non-hydrogen) atoms. The number of carbonyl (C=O) groups is 8. The molecule has 2 atom stereocenters. The number of Topliss-reactive ketones (excluding diaryl/α,β-unsaturated/α-hetero) is 1. The van der Waals surface area contributed by atoms with Crippen LogP contribution in [0.4, 0.5) is 0 Å². The molecule has 1 fully saturated rings. The predicted octanol–water partition coefficient (Wildman–Crippen LogP) is -1.28. The van der Waals surface area contributed by atoms with E-state index in [-0.39, 0.29) is 68.3 Å². The summed E-state index contributed by atoms with van der Waals surface area (Å²) in [5.74, 6) is -3.65. The average molecular weight is 601 g/mol. The lowest BCUT2D eigenvalue weighted by atomic mass is 10.1. The van der Waals surface area contributed by atoms with Gasteiger partial charge in [-0.25, -0.2) is 0 Å². The summed E-state index contributed by atoms with van der Waals surface area (Å²) in [6.07, 6.45) is 2.26. The molecule has 1 aliphatic heterocycles. The van der Waals surface area contributed by atoms with Crippen LogP contribution in [-0.4, -0.2) is 90.8 Å². The molecule has 5 N–H and O–H groups in total. The molecular formula is C29H40N6O8. The van der Waals surface area contributed by atoms with Crippen molar-refractivity contribution in [1.82, 2.24) is 31.5 Å². The van der Waals surface area contributed by atoms with E-state index >= 15 is 0 Å². The Kier molecular flexibility index (Phi) is 14.5. The number of hydrogen-bond acceptors (Lipinski definition) is 8. The van der Waals surface area contributed by atoms with E-state index in [2.05, 4.69) is 26.6 Å². The lowest BCUT2D eigenvalue weighted by molar-refractivity contribution is -0.139. The first-order valence-electron chi connectivity index (χ1n) is 14.2. The number of benzene rings is 1. The molecule has 0 bridgehead atoms. The predicted molar refractivity (Wildman–Crippen MR) is 154 cm³/mol. The number of amides is 7. The molecular weight excluding hydrogens is 560 g/mol. The number of unbranched alkanes of at least 4 members (excludes halogenated alkanes) is 2. The number of rotatable bonds is 18. The summed E-state index contributed by atoms with van der Waals surface area (Å²) in [7, 11) is 0. The Labute approximate surface area is 250 Å². The lowest BCUT2D eigenvalue weighted by Crippen LogP contribution is -2.52. The minimum atomic E-state index is -1.04. The molecule has 1 aromatic rings. The molecule has 0 saturated carbocycles. The Morgan fingerprint density at radius 2 is 1.40 bits per heavy atom. The molecule has 234 valence electrons. The third kappa shape index (κ3) is 13.3. The summed E-state index contributed by atoms with van der Waals surface area (Å²) in [5.41, 5.74) is 0.753. The van der Waals surface area contributed by atoms with Gasteiger partial charge in [0.15, 0.2) is 0 Å². The number of carbonyl (C=O) groups excluding carboxylic acids is 8. The van der Waals surface area contributed by atoms with Gasteiger partial charge in [0.05, 0.1) is 26.2 Å². The lowest BCUT2D eigenvalue weighted by Gasteiger charge is -2.19. The topological polar surface area (TPSA) is 200 Å². The van der Waals surface area contributed by atoms with E-state index in [0.717, 1.165) is 5.56 Å². The zero-order valence-corrected chi connectivity index (χ0v) is 24.5. The summed E-state index contributed by atoms with van der Waals surface area (Å²) in [6.45, 7) is 2.03. The Hall–Kier alpha value is -4.62. The second kappa shape index (κ2) is 18.0. The van der Waals surface area contributed by atoms with Gasteiger partial charge in [-0.1, -0.05) is 43.7 Å². The van der Waals surface area contributed by atoms with Crippen LogP contribution in [0.1, 0.15) is 51.5 Å². The molecule has 1 unspecified atom stereocenters. The molecule has 0 spiro atoms. The normalized spacial score (nSPS) is 14.9. The molecule has 14 nitrogen and oxygen atoms in total. The Balaban J connectivity index is 1.70. The molecule has 1 heterocycles. The van der Waals surface area contributed by atoms with Crippen LogP contribution in [-0.2, 0) is 44.8 Å². The molecule has 1 saturated heterocycles. The molecule has 1 aliphatic rings. The van der Waals surface area contributed by atoms with Crippen molar-refractivity contribution >= 4 is 47.1 Å². The summed E-state index contributed by atoms with van der Waals surface area (Å²) in [5, 5.41) is 12.2. The fourth-order valence-electron chi connectivity index (χ4n) is 4.20. The van der Waals surface area contributed by atoms with E-state index < -0.39 is 36.2 Å². The van der Waals surface area contributed by atoms with Gasteiger partial charge in [-0.3, -0.25) is 43.3 Å². The van der Waals surface area contributed by atoms with Gasteiger partial charge in [-0.05, 0) is 25.3 Å².